The molecule has 27 heavy (non-hydrogen) atoms. The van der Waals surface area contributed by atoms with Gasteiger partial charge in [-0.15, -0.1) is 0 Å². The first-order valence-corrected chi connectivity index (χ1v) is 9.70. The van der Waals surface area contributed by atoms with Crippen LogP contribution in [0.25, 0.3) is 0 Å². The van der Waals surface area contributed by atoms with Crippen LogP contribution in [0.2, 0.25) is 0 Å². The molecule has 5 heteroatoms. The Labute approximate surface area is 160 Å². The second kappa shape index (κ2) is 8.55. The molecule has 2 heterocycles. The first-order chi connectivity index (χ1) is 13.3. The zero-order valence-electron chi connectivity index (χ0n) is 15.5. The fourth-order valence-electron chi connectivity index (χ4n) is 3.68. The van der Waals surface area contributed by atoms with Crippen LogP contribution >= 0.6 is 0 Å². The Morgan fingerprint density at radius 3 is 2.48 bits per heavy atom. The number of benzene rings is 2. The number of anilines is 1. The van der Waals surface area contributed by atoms with Crippen LogP contribution in [0.15, 0.2) is 48.5 Å². The van der Waals surface area contributed by atoms with Crippen LogP contribution in [0.3, 0.4) is 0 Å². The van der Waals surface area contributed by atoms with Crippen LogP contribution in [0.5, 0.6) is 5.75 Å². The van der Waals surface area contributed by atoms with Gasteiger partial charge in [-0.25, -0.2) is 0 Å². The number of ether oxygens (including phenoxy) is 2. The van der Waals surface area contributed by atoms with E-state index >= 15 is 0 Å². The predicted molar refractivity (Wildman–Crippen MR) is 105 cm³/mol. The van der Waals surface area contributed by atoms with Crippen LogP contribution in [0, 0.1) is 0 Å². The van der Waals surface area contributed by atoms with Gasteiger partial charge in [0, 0.05) is 25.4 Å². The van der Waals surface area contributed by atoms with Crippen molar-refractivity contribution in [3.05, 3.63) is 59.7 Å². The zero-order chi connectivity index (χ0) is 18.5. The number of rotatable bonds is 6. The second-order valence-corrected chi connectivity index (χ2v) is 7.29. The van der Waals surface area contributed by atoms with E-state index in [1.54, 1.807) is 0 Å². The molecule has 2 aromatic rings. The average Bonchev–Trinajstić information content (AvgIpc) is 3.10. The van der Waals surface area contributed by atoms with Gasteiger partial charge in [0.15, 0.2) is 0 Å². The van der Waals surface area contributed by atoms with Gasteiger partial charge >= 0.3 is 0 Å². The van der Waals surface area contributed by atoms with Gasteiger partial charge in [0.1, 0.15) is 12.4 Å². The van der Waals surface area contributed by atoms with Crippen molar-refractivity contribution in [3.8, 4) is 5.75 Å². The lowest BCUT2D eigenvalue weighted by Gasteiger charge is -2.22. The Bertz CT molecular complexity index is 744. The van der Waals surface area contributed by atoms with E-state index in [1.807, 2.05) is 36.4 Å². The number of carbonyl (C=O) groups excluding carboxylic acids is 1. The minimum absolute atomic E-state index is 0.00656. The van der Waals surface area contributed by atoms with E-state index in [2.05, 4.69) is 22.3 Å². The number of nitrogens with one attached hydrogen (secondary N) is 1. The van der Waals surface area contributed by atoms with Crippen LogP contribution < -0.4 is 10.1 Å². The summed E-state index contributed by atoms with van der Waals surface area (Å²) in [4.78, 5) is 14.5. The normalized spacial score (nSPS) is 19.5. The van der Waals surface area contributed by atoms with Gasteiger partial charge in [-0.2, -0.15) is 0 Å². The number of hydrogen-bond acceptors (Lipinski definition) is 4. The summed E-state index contributed by atoms with van der Waals surface area (Å²) in [6.45, 7) is 3.48. The minimum atomic E-state index is 0.00656. The van der Waals surface area contributed by atoms with E-state index in [-0.39, 0.29) is 12.0 Å². The van der Waals surface area contributed by atoms with Crippen LogP contribution in [0.4, 0.5) is 5.69 Å². The topological polar surface area (TPSA) is 50.8 Å². The monoisotopic (exact) mass is 366 g/mol. The SMILES string of the molecule is O=C(CN1Cc2ccccc2C1)Nc1ccc(OCC2CCCCO2)cc1. The smallest absolute Gasteiger partial charge is 0.238 e. The summed E-state index contributed by atoms with van der Waals surface area (Å²) in [5, 5.41) is 2.97. The molecular formula is C22H26N2O3. The molecule has 0 spiro atoms. The minimum Gasteiger partial charge on any atom is -0.491 e. The summed E-state index contributed by atoms with van der Waals surface area (Å²) in [5.74, 6) is 0.809. The molecule has 1 unspecified atom stereocenters. The molecular weight excluding hydrogens is 340 g/mol. The predicted octanol–water partition coefficient (Wildman–Crippen LogP) is 3.59. The first-order valence-electron chi connectivity index (χ1n) is 9.70. The number of amides is 1. The summed E-state index contributed by atoms with van der Waals surface area (Å²) < 4.78 is 11.5. The van der Waals surface area contributed by atoms with Crippen molar-refractivity contribution >= 4 is 11.6 Å². The van der Waals surface area contributed by atoms with Gasteiger partial charge in [0.05, 0.1) is 12.6 Å². The molecule has 5 nitrogen and oxygen atoms in total. The Balaban J connectivity index is 1.23. The van der Waals surface area contributed by atoms with Crippen molar-refractivity contribution in [3.63, 3.8) is 0 Å². The fraction of sp³-hybridized carbons (Fsp3) is 0.409. The number of nitrogens with zero attached hydrogens (tertiary/aromatic N) is 1. The van der Waals surface area contributed by atoms with E-state index in [9.17, 15) is 4.79 Å². The fourth-order valence-corrected chi connectivity index (χ4v) is 3.68. The molecule has 1 amide bonds. The number of hydrogen-bond donors (Lipinski definition) is 1. The van der Waals surface area contributed by atoms with Gasteiger partial charge in [0.2, 0.25) is 5.91 Å². The van der Waals surface area contributed by atoms with E-state index in [0.717, 1.165) is 44.0 Å². The molecule has 0 bridgehead atoms. The lowest BCUT2D eigenvalue weighted by Crippen LogP contribution is -2.29. The highest BCUT2D eigenvalue weighted by Gasteiger charge is 2.20. The Hall–Kier alpha value is -2.37. The molecule has 0 saturated carbocycles. The summed E-state index contributed by atoms with van der Waals surface area (Å²) in [6.07, 6.45) is 3.62. The Morgan fingerprint density at radius 1 is 1.07 bits per heavy atom. The average molecular weight is 366 g/mol. The number of fused-ring (bicyclic) bond motifs is 1. The zero-order valence-corrected chi connectivity index (χ0v) is 15.5. The summed E-state index contributed by atoms with van der Waals surface area (Å²) in [6, 6.07) is 15.9. The van der Waals surface area contributed by atoms with Crippen molar-refractivity contribution in [2.45, 2.75) is 38.5 Å². The molecule has 1 atom stereocenters. The molecule has 2 aliphatic heterocycles. The lowest BCUT2D eigenvalue weighted by molar-refractivity contribution is -0.117. The van der Waals surface area contributed by atoms with Gasteiger partial charge in [-0.1, -0.05) is 24.3 Å². The largest absolute Gasteiger partial charge is 0.491 e. The molecule has 2 aliphatic rings. The molecule has 0 radical (unpaired) electrons. The highest BCUT2D eigenvalue weighted by atomic mass is 16.5. The molecule has 0 aromatic heterocycles. The Kier molecular flexibility index (Phi) is 5.70. The Morgan fingerprint density at radius 2 is 1.81 bits per heavy atom. The molecule has 1 saturated heterocycles. The van der Waals surface area contributed by atoms with Crippen LogP contribution in [0.1, 0.15) is 30.4 Å². The quantitative estimate of drug-likeness (QED) is 0.849. The van der Waals surface area contributed by atoms with Crippen molar-refractivity contribution in [1.29, 1.82) is 0 Å². The summed E-state index contributed by atoms with van der Waals surface area (Å²) in [7, 11) is 0. The summed E-state index contributed by atoms with van der Waals surface area (Å²) >= 11 is 0. The highest BCUT2D eigenvalue weighted by Crippen LogP contribution is 2.22. The third-order valence-electron chi connectivity index (χ3n) is 5.12. The standard InChI is InChI=1S/C22H26N2O3/c25-22(15-24-13-17-5-1-2-6-18(17)14-24)23-19-8-10-20(11-9-19)27-16-21-7-3-4-12-26-21/h1-2,5-6,8-11,21H,3-4,7,12-16H2,(H,23,25). The van der Waals surface area contributed by atoms with Crippen molar-refractivity contribution in [1.82, 2.24) is 4.90 Å². The summed E-state index contributed by atoms with van der Waals surface area (Å²) in [5.41, 5.74) is 3.42. The molecule has 4 rings (SSSR count). The van der Waals surface area contributed by atoms with E-state index in [1.165, 1.54) is 17.5 Å². The van der Waals surface area contributed by atoms with E-state index < -0.39 is 0 Å². The van der Waals surface area contributed by atoms with E-state index in [4.69, 9.17) is 9.47 Å². The van der Waals surface area contributed by atoms with Crippen LogP contribution in [-0.4, -0.2) is 36.7 Å². The van der Waals surface area contributed by atoms with Crippen LogP contribution in [-0.2, 0) is 22.6 Å². The third kappa shape index (κ3) is 4.87. The maximum atomic E-state index is 12.3. The molecule has 1 fully saturated rings. The molecule has 142 valence electrons. The van der Waals surface area contributed by atoms with Crippen molar-refractivity contribution < 1.29 is 14.3 Å². The maximum absolute atomic E-state index is 12.3. The van der Waals surface area contributed by atoms with Gasteiger partial charge in [0.25, 0.3) is 0 Å². The number of carbonyl (C=O) groups is 1. The van der Waals surface area contributed by atoms with Gasteiger partial charge in [-0.05, 0) is 54.7 Å². The maximum Gasteiger partial charge on any atom is 0.238 e. The van der Waals surface area contributed by atoms with Gasteiger partial charge in [-0.3, -0.25) is 9.69 Å². The third-order valence-corrected chi connectivity index (χ3v) is 5.12. The molecule has 2 aromatic carbocycles. The highest BCUT2D eigenvalue weighted by molar-refractivity contribution is 5.92. The first kappa shape index (κ1) is 18.0. The van der Waals surface area contributed by atoms with Crippen molar-refractivity contribution in [2.24, 2.45) is 0 Å². The lowest BCUT2D eigenvalue weighted by atomic mass is 10.1. The van der Waals surface area contributed by atoms with Gasteiger partial charge < -0.3 is 14.8 Å². The van der Waals surface area contributed by atoms with E-state index in [0.29, 0.717) is 13.2 Å². The van der Waals surface area contributed by atoms with Crippen molar-refractivity contribution in [2.75, 3.05) is 25.1 Å². The molecule has 0 aliphatic carbocycles. The second-order valence-electron chi connectivity index (χ2n) is 7.29. The molecule has 1 N–H and O–H groups in total.